The highest BCUT2D eigenvalue weighted by Crippen LogP contribution is 2.17. The van der Waals surface area contributed by atoms with Crippen molar-refractivity contribution in [3.63, 3.8) is 0 Å². The number of amides is 2. The molecular weight excluding hydrogens is 284 g/mol. The van der Waals surface area contributed by atoms with Crippen LogP contribution in [0.5, 0.6) is 0 Å². The third-order valence-corrected chi connectivity index (χ3v) is 2.91. The summed E-state index contributed by atoms with van der Waals surface area (Å²) in [5, 5.41) is 2.71. The maximum absolute atomic E-state index is 11.8. The quantitative estimate of drug-likeness (QED) is 0.880. The molecule has 0 fully saturated rings. The van der Waals surface area contributed by atoms with Gasteiger partial charge in [-0.05, 0) is 42.5 Å². The molecule has 1 N–H and O–H groups in total. The van der Waals surface area contributed by atoms with Crippen molar-refractivity contribution in [3.8, 4) is 0 Å². The Kier molecular flexibility index (Phi) is 4.98. The van der Waals surface area contributed by atoms with E-state index in [4.69, 9.17) is 4.42 Å². The Morgan fingerprint density at radius 3 is 2.55 bits per heavy atom. The lowest BCUT2D eigenvalue weighted by atomic mass is 10.2. The van der Waals surface area contributed by atoms with E-state index in [1.54, 1.807) is 49.5 Å². The van der Waals surface area contributed by atoms with Gasteiger partial charge in [-0.15, -0.1) is 0 Å². The second kappa shape index (κ2) is 7.12. The monoisotopic (exact) mass is 300 g/mol. The van der Waals surface area contributed by atoms with E-state index in [0.717, 1.165) is 0 Å². The first-order valence-electron chi connectivity index (χ1n) is 6.54. The van der Waals surface area contributed by atoms with Crippen LogP contribution in [-0.2, 0) is 9.53 Å². The van der Waals surface area contributed by atoms with Crippen LogP contribution in [0.4, 0.5) is 16.2 Å². The number of ether oxygens (including phenoxy) is 1. The zero-order valence-corrected chi connectivity index (χ0v) is 12.3. The molecule has 22 heavy (non-hydrogen) atoms. The van der Waals surface area contributed by atoms with E-state index in [9.17, 15) is 9.59 Å². The minimum atomic E-state index is -0.460. The van der Waals surface area contributed by atoms with E-state index >= 15 is 0 Å². The molecule has 1 aromatic heterocycles. The van der Waals surface area contributed by atoms with Gasteiger partial charge in [0.05, 0.1) is 13.4 Å². The lowest BCUT2D eigenvalue weighted by molar-refractivity contribution is -0.111. The highest BCUT2D eigenvalue weighted by atomic mass is 16.5. The maximum Gasteiger partial charge on any atom is 0.413 e. The predicted octanol–water partition coefficient (Wildman–Crippen LogP) is 3.13. The van der Waals surface area contributed by atoms with Crippen LogP contribution in [0, 0.1) is 0 Å². The number of rotatable bonds is 4. The van der Waals surface area contributed by atoms with Crippen LogP contribution < -0.4 is 10.2 Å². The summed E-state index contributed by atoms with van der Waals surface area (Å²) in [7, 11) is 2.92. The SMILES string of the molecule is COC(=O)N(C)c1ccc(NC(=O)/C=C/c2ccco2)cc1. The van der Waals surface area contributed by atoms with Gasteiger partial charge in [0.2, 0.25) is 5.91 Å². The molecular formula is C16H16N2O4. The largest absolute Gasteiger partial charge is 0.465 e. The second-order valence-corrected chi connectivity index (χ2v) is 4.41. The number of anilines is 2. The van der Waals surface area contributed by atoms with Gasteiger partial charge in [0.15, 0.2) is 0 Å². The molecule has 0 radical (unpaired) electrons. The zero-order chi connectivity index (χ0) is 15.9. The van der Waals surface area contributed by atoms with Crippen LogP contribution in [0.3, 0.4) is 0 Å². The van der Waals surface area contributed by atoms with E-state index in [1.807, 2.05) is 0 Å². The Bertz CT molecular complexity index is 660. The van der Waals surface area contributed by atoms with Gasteiger partial charge in [0, 0.05) is 24.5 Å². The summed E-state index contributed by atoms with van der Waals surface area (Å²) >= 11 is 0. The molecule has 6 heteroatoms. The first-order valence-corrected chi connectivity index (χ1v) is 6.54. The number of hydrogen-bond acceptors (Lipinski definition) is 4. The number of nitrogens with one attached hydrogen (secondary N) is 1. The molecule has 0 unspecified atom stereocenters. The van der Waals surface area contributed by atoms with Crippen molar-refractivity contribution >= 4 is 29.5 Å². The number of benzene rings is 1. The lowest BCUT2D eigenvalue weighted by Crippen LogP contribution is -2.25. The summed E-state index contributed by atoms with van der Waals surface area (Å²) in [6.45, 7) is 0. The Labute approximate surface area is 128 Å². The fourth-order valence-corrected chi connectivity index (χ4v) is 1.74. The van der Waals surface area contributed by atoms with Gasteiger partial charge < -0.3 is 14.5 Å². The molecule has 0 aliphatic carbocycles. The summed E-state index contributed by atoms with van der Waals surface area (Å²) < 4.78 is 9.72. The standard InChI is InChI=1S/C16H16N2O4/c1-18(16(20)21-2)13-7-5-12(6-8-13)17-15(19)10-9-14-4-3-11-22-14/h3-11H,1-2H3,(H,17,19)/b10-9+. The Balaban J connectivity index is 1.96. The second-order valence-electron chi connectivity index (χ2n) is 4.41. The number of carbonyl (C=O) groups excluding carboxylic acids is 2. The number of nitrogens with zero attached hydrogens (tertiary/aromatic N) is 1. The van der Waals surface area contributed by atoms with Gasteiger partial charge in [0.25, 0.3) is 0 Å². The summed E-state index contributed by atoms with van der Waals surface area (Å²) in [6, 6.07) is 10.3. The summed E-state index contributed by atoms with van der Waals surface area (Å²) in [5.74, 6) is 0.329. The third-order valence-electron chi connectivity index (χ3n) is 2.91. The lowest BCUT2D eigenvalue weighted by Gasteiger charge is -2.15. The van der Waals surface area contributed by atoms with Gasteiger partial charge in [-0.1, -0.05) is 0 Å². The van der Waals surface area contributed by atoms with E-state index in [0.29, 0.717) is 17.1 Å². The maximum atomic E-state index is 11.8. The van der Waals surface area contributed by atoms with Gasteiger partial charge >= 0.3 is 6.09 Å². The fraction of sp³-hybridized carbons (Fsp3) is 0.125. The molecule has 0 aliphatic rings. The van der Waals surface area contributed by atoms with E-state index in [1.165, 1.54) is 24.3 Å². The van der Waals surface area contributed by atoms with E-state index in [-0.39, 0.29) is 5.91 Å². The van der Waals surface area contributed by atoms with Crippen molar-refractivity contribution in [2.24, 2.45) is 0 Å². The van der Waals surface area contributed by atoms with Gasteiger partial charge in [-0.3, -0.25) is 9.69 Å². The first-order chi connectivity index (χ1) is 10.6. The molecule has 2 amide bonds. The van der Waals surface area contributed by atoms with E-state index < -0.39 is 6.09 Å². The molecule has 1 aromatic carbocycles. The van der Waals surface area contributed by atoms with Gasteiger partial charge in [-0.25, -0.2) is 4.79 Å². The van der Waals surface area contributed by atoms with Crippen LogP contribution in [0.25, 0.3) is 6.08 Å². The molecule has 0 saturated carbocycles. The third kappa shape index (κ3) is 3.99. The Morgan fingerprint density at radius 1 is 1.23 bits per heavy atom. The molecule has 0 aliphatic heterocycles. The first kappa shape index (κ1) is 15.4. The van der Waals surface area contributed by atoms with Crippen molar-refractivity contribution in [2.75, 3.05) is 24.4 Å². The minimum absolute atomic E-state index is 0.273. The summed E-state index contributed by atoms with van der Waals surface area (Å²) in [4.78, 5) is 24.5. The molecule has 2 aromatic rings. The summed E-state index contributed by atoms with van der Waals surface area (Å²) in [6.07, 6.45) is 4.04. The number of methoxy groups -OCH3 is 1. The van der Waals surface area contributed by atoms with Crippen molar-refractivity contribution in [1.82, 2.24) is 0 Å². The van der Waals surface area contributed by atoms with Crippen LogP contribution >= 0.6 is 0 Å². The van der Waals surface area contributed by atoms with Crippen LogP contribution in [0.1, 0.15) is 5.76 Å². The number of furan rings is 1. The smallest absolute Gasteiger partial charge is 0.413 e. The summed E-state index contributed by atoms with van der Waals surface area (Å²) in [5.41, 5.74) is 1.28. The molecule has 2 rings (SSSR count). The molecule has 0 saturated heterocycles. The van der Waals surface area contributed by atoms with Gasteiger partial charge in [0.1, 0.15) is 5.76 Å². The number of hydrogen-bond donors (Lipinski definition) is 1. The Hall–Kier alpha value is -3.02. The number of carbonyl (C=O) groups is 2. The topological polar surface area (TPSA) is 71.8 Å². The normalized spacial score (nSPS) is 10.5. The van der Waals surface area contributed by atoms with Crippen molar-refractivity contribution in [3.05, 3.63) is 54.5 Å². The van der Waals surface area contributed by atoms with Crippen LogP contribution in [0.2, 0.25) is 0 Å². The molecule has 0 bridgehead atoms. The molecule has 6 nitrogen and oxygen atoms in total. The minimum Gasteiger partial charge on any atom is -0.465 e. The van der Waals surface area contributed by atoms with Crippen molar-refractivity contribution in [1.29, 1.82) is 0 Å². The molecule has 114 valence electrons. The highest BCUT2D eigenvalue weighted by Gasteiger charge is 2.10. The average Bonchev–Trinajstić information content (AvgIpc) is 3.05. The average molecular weight is 300 g/mol. The zero-order valence-electron chi connectivity index (χ0n) is 12.3. The Morgan fingerprint density at radius 2 is 1.95 bits per heavy atom. The van der Waals surface area contributed by atoms with Gasteiger partial charge in [-0.2, -0.15) is 0 Å². The van der Waals surface area contributed by atoms with Crippen LogP contribution in [0.15, 0.2) is 53.2 Å². The highest BCUT2D eigenvalue weighted by molar-refractivity contribution is 6.01. The van der Waals surface area contributed by atoms with Crippen LogP contribution in [-0.4, -0.2) is 26.2 Å². The molecule has 0 spiro atoms. The van der Waals surface area contributed by atoms with Crippen molar-refractivity contribution < 1.29 is 18.7 Å². The van der Waals surface area contributed by atoms with Crippen molar-refractivity contribution in [2.45, 2.75) is 0 Å². The molecule has 1 heterocycles. The fourth-order valence-electron chi connectivity index (χ4n) is 1.74. The predicted molar refractivity (Wildman–Crippen MR) is 83.6 cm³/mol. The molecule has 0 atom stereocenters. The van der Waals surface area contributed by atoms with E-state index in [2.05, 4.69) is 10.1 Å².